The lowest BCUT2D eigenvalue weighted by Crippen LogP contribution is -2.48. The molecule has 116 valence electrons. The third kappa shape index (κ3) is 3.95. The van der Waals surface area contributed by atoms with Crippen molar-refractivity contribution in [1.82, 2.24) is 10.2 Å². The molecule has 1 amide bonds. The van der Waals surface area contributed by atoms with Gasteiger partial charge in [-0.25, -0.2) is 0 Å². The van der Waals surface area contributed by atoms with Crippen molar-refractivity contribution in [2.75, 3.05) is 33.3 Å². The number of morpholine rings is 1. The number of nitrogens with zero attached hydrogens (tertiary/aromatic N) is 1. The highest BCUT2D eigenvalue weighted by Gasteiger charge is 2.31. The largest absolute Gasteiger partial charge is 0.416 e. The van der Waals surface area contributed by atoms with Gasteiger partial charge in [-0.15, -0.1) is 0 Å². The van der Waals surface area contributed by atoms with Gasteiger partial charge >= 0.3 is 6.18 Å². The first-order valence-electron chi connectivity index (χ1n) is 6.64. The third-order valence-electron chi connectivity index (χ3n) is 3.32. The summed E-state index contributed by atoms with van der Waals surface area (Å²) in [5.41, 5.74) is -0.498. The second-order valence-electron chi connectivity index (χ2n) is 4.88. The molecular formula is C14H17F3N2O2. The van der Waals surface area contributed by atoms with E-state index in [0.29, 0.717) is 26.2 Å². The lowest BCUT2D eigenvalue weighted by molar-refractivity contribution is -0.137. The molecule has 1 aliphatic rings. The van der Waals surface area contributed by atoms with E-state index in [-0.39, 0.29) is 17.6 Å². The maximum atomic E-state index is 12.5. The number of halogens is 3. The number of benzene rings is 1. The van der Waals surface area contributed by atoms with Crippen molar-refractivity contribution in [3.63, 3.8) is 0 Å². The molecule has 1 fully saturated rings. The molecule has 1 unspecified atom stereocenters. The van der Waals surface area contributed by atoms with Crippen LogP contribution in [0.15, 0.2) is 24.3 Å². The Labute approximate surface area is 120 Å². The molecule has 0 radical (unpaired) electrons. The summed E-state index contributed by atoms with van der Waals surface area (Å²) in [5, 5.41) is 2.97. The highest BCUT2D eigenvalue weighted by molar-refractivity contribution is 5.94. The first kappa shape index (κ1) is 15.8. The number of likely N-dealkylation sites (N-methyl/N-ethyl adjacent to an activating group) is 1. The van der Waals surface area contributed by atoms with E-state index >= 15 is 0 Å². The minimum absolute atomic E-state index is 0.0952. The van der Waals surface area contributed by atoms with Crippen molar-refractivity contribution in [2.24, 2.45) is 0 Å². The molecular weight excluding hydrogens is 285 g/mol. The quantitative estimate of drug-likeness (QED) is 0.925. The van der Waals surface area contributed by atoms with Crippen molar-refractivity contribution in [3.05, 3.63) is 35.4 Å². The minimum Gasteiger partial charge on any atom is -0.373 e. The topological polar surface area (TPSA) is 41.6 Å². The number of carbonyl (C=O) groups is 1. The van der Waals surface area contributed by atoms with Crippen LogP contribution < -0.4 is 5.32 Å². The van der Waals surface area contributed by atoms with E-state index in [0.717, 1.165) is 12.1 Å². The summed E-state index contributed by atoms with van der Waals surface area (Å²) in [4.78, 5) is 13.9. The standard InChI is InChI=1S/C14H17F3N2O2/c1-18-8-12-9-19(6-7-21-12)13(20)10-2-4-11(5-3-10)14(15,16)17/h2-5,12,18H,6-9H2,1H3. The number of nitrogens with one attached hydrogen (secondary N) is 1. The van der Waals surface area contributed by atoms with E-state index in [1.165, 1.54) is 12.1 Å². The van der Waals surface area contributed by atoms with Crippen LogP contribution in [-0.2, 0) is 10.9 Å². The summed E-state index contributed by atoms with van der Waals surface area (Å²) in [6, 6.07) is 4.29. The molecule has 1 heterocycles. The molecule has 0 aliphatic carbocycles. The molecule has 0 saturated carbocycles. The SMILES string of the molecule is CNCC1CN(C(=O)c2ccc(C(F)(F)F)cc2)CCO1. The fourth-order valence-electron chi connectivity index (χ4n) is 2.24. The third-order valence-corrected chi connectivity index (χ3v) is 3.32. The average Bonchev–Trinajstić information content (AvgIpc) is 2.46. The van der Waals surface area contributed by atoms with Crippen LogP contribution in [0.5, 0.6) is 0 Å². The Hall–Kier alpha value is -1.60. The second-order valence-corrected chi connectivity index (χ2v) is 4.88. The van der Waals surface area contributed by atoms with E-state index in [9.17, 15) is 18.0 Å². The van der Waals surface area contributed by atoms with Crippen LogP contribution >= 0.6 is 0 Å². The first-order chi connectivity index (χ1) is 9.91. The zero-order valence-corrected chi connectivity index (χ0v) is 11.6. The minimum atomic E-state index is -4.39. The number of hydrogen-bond donors (Lipinski definition) is 1. The van der Waals surface area contributed by atoms with E-state index < -0.39 is 11.7 Å². The Kier molecular flexibility index (Phi) is 4.84. The van der Waals surface area contributed by atoms with E-state index in [1.807, 2.05) is 0 Å². The molecule has 1 N–H and O–H groups in total. The molecule has 1 saturated heterocycles. The normalized spacial score (nSPS) is 19.6. The van der Waals surface area contributed by atoms with Gasteiger partial charge in [-0.1, -0.05) is 0 Å². The molecule has 1 aromatic rings. The van der Waals surface area contributed by atoms with Crippen LogP contribution in [0.25, 0.3) is 0 Å². The van der Waals surface area contributed by atoms with Gasteiger partial charge in [0.15, 0.2) is 0 Å². The maximum absolute atomic E-state index is 12.5. The van der Waals surface area contributed by atoms with Crippen molar-refractivity contribution in [2.45, 2.75) is 12.3 Å². The smallest absolute Gasteiger partial charge is 0.373 e. The van der Waals surface area contributed by atoms with Crippen LogP contribution in [-0.4, -0.2) is 50.2 Å². The van der Waals surface area contributed by atoms with E-state index in [2.05, 4.69) is 5.32 Å². The highest BCUT2D eigenvalue weighted by Crippen LogP contribution is 2.29. The Morgan fingerprint density at radius 2 is 2.05 bits per heavy atom. The molecule has 1 aliphatic heterocycles. The van der Waals surface area contributed by atoms with Crippen LogP contribution in [0.3, 0.4) is 0 Å². The molecule has 7 heteroatoms. The van der Waals surface area contributed by atoms with Crippen molar-refractivity contribution in [3.8, 4) is 0 Å². The fourth-order valence-corrected chi connectivity index (χ4v) is 2.24. The second kappa shape index (κ2) is 6.44. The molecule has 1 aromatic carbocycles. The summed E-state index contributed by atoms with van der Waals surface area (Å²) in [6.07, 6.45) is -4.49. The van der Waals surface area contributed by atoms with Crippen molar-refractivity contribution >= 4 is 5.91 Å². The summed E-state index contributed by atoms with van der Waals surface area (Å²) in [6.45, 7) is 1.93. The van der Waals surface area contributed by atoms with Crippen LogP contribution in [0, 0.1) is 0 Å². The highest BCUT2D eigenvalue weighted by atomic mass is 19.4. The lowest BCUT2D eigenvalue weighted by Gasteiger charge is -2.33. The van der Waals surface area contributed by atoms with Crippen LogP contribution in [0.4, 0.5) is 13.2 Å². The Morgan fingerprint density at radius 3 is 2.62 bits per heavy atom. The summed E-state index contributed by atoms with van der Waals surface area (Å²) in [7, 11) is 1.79. The number of carbonyl (C=O) groups excluding carboxylic acids is 1. The van der Waals surface area contributed by atoms with Crippen molar-refractivity contribution in [1.29, 1.82) is 0 Å². The van der Waals surface area contributed by atoms with Crippen LogP contribution in [0.2, 0.25) is 0 Å². The summed E-state index contributed by atoms with van der Waals surface area (Å²) in [5.74, 6) is -0.270. The monoisotopic (exact) mass is 302 g/mol. The Morgan fingerprint density at radius 1 is 1.38 bits per heavy atom. The van der Waals surface area contributed by atoms with E-state index in [4.69, 9.17) is 4.74 Å². The van der Waals surface area contributed by atoms with Gasteiger partial charge in [0.2, 0.25) is 0 Å². The van der Waals surface area contributed by atoms with E-state index in [1.54, 1.807) is 11.9 Å². The molecule has 21 heavy (non-hydrogen) atoms. The number of amides is 1. The molecule has 0 bridgehead atoms. The molecule has 0 spiro atoms. The number of hydrogen-bond acceptors (Lipinski definition) is 3. The number of ether oxygens (including phenoxy) is 1. The fraction of sp³-hybridized carbons (Fsp3) is 0.500. The maximum Gasteiger partial charge on any atom is 0.416 e. The van der Waals surface area contributed by atoms with Gasteiger partial charge in [0.25, 0.3) is 5.91 Å². The Balaban J connectivity index is 2.05. The van der Waals surface area contributed by atoms with Crippen LogP contribution in [0.1, 0.15) is 15.9 Å². The number of alkyl halides is 3. The summed E-state index contributed by atoms with van der Waals surface area (Å²) < 4.78 is 43.0. The van der Waals surface area contributed by atoms with Gasteiger partial charge in [-0.05, 0) is 31.3 Å². The predicted octanol–water partition coefficient (Wildman–Crippen LogP) is 1.77. The first-order valence-corrected chi connectivity index (χ1v) is 6.64. The van der Waals surface area contributed by atoms with Gasteiger partial charge < -0.3 is 15.0 Å². The molecule has 4 nitrogen and oxygen atoms in total. The predicted molar refractivity (Wildman–Crippen MR) is 71.0 cm³/mol. The Bertz CT molecular complexity index is 486. The molecule has 1 atom stereocenters. The number of rotatable bonds is 3. The molecule has 0 aromatic heterocycles. The van der Waals surface area contributed by atoms with Gasteiger partial charge in [-0.2, -0.15) is 13.2 Å². The van der Waals surface area contributed by atoms with Gasteiger partial charge in [0, 0.05) is 25.2 Å². The lowest BCUT2D eigenvalue weighted by atomic mass is 10.1. The zero-order valence-electron chi connectivity index (χ0n) is 11.6. The average molecular weight is 302 g/mol. The van der Waals surface area contributed by atoms with Gasteiger partial charge in [-0.3, -0.25) is 4.79 Å². The van der Waals surface area contributed by atoms with Gasteiger partial charge in [0.05, 0.1) is 18.3 Å². The van der Waals surface area contributed by atoms with Crippen molar-refractivity contribution < 1.29 is 22.7 Å². The molecule has 2 rings (SSSR count). The summed E-state index contributed by atoms with van der Waals surface area (Å²) >= 11 is 0. The zero-order chi connectivity index (χ0) is 15.5. The van der Waals surface area contributed by atoms with Gasteiger partial charge in [0.1, 0.15) is 0 Å².